The van der Waals surface area contributed by atoms with E-state index < -0.39 is 5.82 Å². The van der Waals surface area contributed by atoms with Crippen LogP contribution < -0.4 is 9.64 Å². The number of carbonyl (C=O) groups excluding carboxylic acids is 1. The first-order valence-corrected chi connectivity index (χ1v) is 8.02. The maximum atomic E-state index is 13.8. The molecule has 2 aromatic carbocycles. The van der Waals surface area contributed by atoms with Gasteiger partial charge in [-0.1, -0.05) is 30.3 Å². The standard InChI is InChI=1S/C20H23FN2O2/c1-4-12-23(17-8-6-5-7-9-17)20(24)15-22(2)14-16-10-11-19(25-3)18(21)13-16/h4-11,13H,1,12,14-15H2,2-3H3. The zero-order valence-corrected chi connectivity index (χ0v) is 14.6. The molecule has 0 saturated heterocycles. The largest absolute Gasteiger partial charge is 0.494 e. The molecule has 25 heavy (non-hydrogen) atoms. The van der Waals surface area contributed by atoms with E-state index in [9.17, 15) is 9.18 Å². The summed E-state index contributed by atoms with van der Waals surface area (Å²) in [5.74, 6) is -0.233. The van der Waals surface area contributed by atoms with Crippen LogP contribution in [0, 0.1) is 5.82 Å². The summed E-state index contributed by atoms with van der Waals surface area (Å²) in [6.07, 6.45) is 1.70. The number of hydrogen-bond acceptors (Lipinski definition) is 3. The Labute approximate surface area is 148 Å². The number of carbonyl (C=O) groups is 1. The lowest BCUT2D eigenvalue weighted by Crippen LogP contribution is -2.39. The van der Waals surface area contributed by atoms with Crippen molar-refractivity contribution in [2.45, 2.75) is 6.54 Å². The number of amides is 1. The highest BCUT2D eigenvalue weighted by atomic mass is 19.1. The average molecular weight is 342 g/mol. The summed E-state index contributed by atoms with van der Waals surface area (Å²) in [7, 11) is 3.26. The summed E-state index contributed by atoms with van der Waals surface area (Å²) in [5, 5.41) is 0. The highest BCUT2D eigenvalue weighted by Crippen LogP contribution is 2.19. The minimum absolute atomic E-state index is 0.0393. The lowest BCUT2D eigenvalue weighted by atomic mass is 10.2. The van der Waals surface area contributed by atoms with Crippen molar-refractivity contribution in [3.8, 4) is 5.75 Å². The fraction of sp³-hybridized carbons (Fsp3) is 0.250. The van der Waals surface area contributed by atoms with Crippen LogP contribution in [-0.2, 0) is 11.3 Å². The monoisotopic (exact) mass is 342 g/mol. The molecule has 0 saturated carbocycles. The Morgan fingerprint density at radius 1 is 1.24 bits per heavy atom. The Morgan fingerprint density at radius 3 is 2.56 bits per heavy atom. The van der Waals surface area contributed by atoms with Crippen molar-refractivity contribution >= 4 is 11.6 Å². The summed E-state index contributed by atoms with van der Waals surface area (Å²) in [6, 6.07) is 14.3. The second kappa shape index (κ2) is 8.99. The summed E-state index contributed by atoms with van der Waals surface area (Å²) in [4.78, 5) is 16.2. The topological polar surface area (TPSA) is 32.8 Å². The van der Waals surface area contributed by atoms with Crippen molar-refractivity contribution in [2.24, 2.45) is 0 Å². The predicted octanol–water partition coefficient (Wildman–Crippen LogP) is 3.49. The number of nitrogens with zero attached hydrogens (tertiary/aromatic N) is 2. The number of hydrogen-bond donors (Lipinski definition) is 0. The molecule has 0 aliphatic carbocycles. The van der Waals surface area contributed by atoms with Gasteiger partial charge in [0.05, 0.1) is 13.7 Å². The molecule has 0 aliphatic rings. The van der Waals surface area contributed by atoms with Crippen LogP contribution in [0.3, 0.4) is 0 Å². The van der Waals surface area contributed by atoms with Crippen LogP contribution in [0.1, 0.15) is 5.56 Å². The van der Waals surface area contributed by atoms with E-state index in [0.717, 1.165) is 11.3 Å². The molecule has 0 atom stereocenters. The zero-order valence-electron chi connectivity index (χ0n) is 14.6. The average Bonchev–Trinajstić information content (AvgIpc) is 2.60. The van der Waals surface area contributed by atoms with Crippen LogP contribution in [0.5, 0.6) is 5.75 Å². The van der Waals surface area contributed by atoms with Crippen LogP contribution in [0.25, 0.3) is 0 Å². The van der Waals surface area contributed by atoms with Crippen molar-refractivity contribution in [2.75, 3.05) is 32.1 Å². The minimum atomic E-state index is -0.405. The van der Waals surface area contributed by atoms with Crippen molar-refractivity contribution < 1.29 is 13.9 Å². The van der Waals surface area contributed by atoms with Gasteiger partial charge in [0.2, 0.25) is 5.91 Å². The molecule has 0 aromatic heterocycles. The third kappa shape index (κ3) is 5.16. The van der Waals surface area contributed by atoms with Crippen LogP contribution in [0.15, 0.2) is 61.2 Å². The van der Waals surface area contributed by atoms with Crippen molar-refractivity contribution in [3.05, 3.63) is 72.6 Å². The number of halogens is 1. The van der Waals surface area contributed by atoms with Gasteiger partial charge < -0.3 is 9.64 Å². The first-order valence-electron chi connectivity index (χ1n) is 8.02. The Balaban J connectivity index is 2.02. The van der Waals surface area contributed by atoms with Gasteiger partial charge in [0.1, 0.15) is 0 Å². The second-order valence-electron chi connectivity index (χ2n) is 5.77. The predicted molar refractivity (Wildman–Crippen MR) is 98.3 cm³/mol. The summed E-state index contributed by atoms with van der Waals surface area (Å²) in [5.41, 5.74) is 1.61. The number of benzene rings is 2. The molecule has 2 rings (SSSR count). The molecule has 0 aliphatic heterocycles. The SMILES string of the molecule is C=CCN(C(=O)CN(C)Cc1ccc(OC)c(F)c1)c1ccccc1. The lowest BCUT2D eigenvalue weighted by Gasteiger charge is -2.24. The molecule has 0 fully saturated rings. The van der Waals surface area contributed by atoms with Crippen molar-refractivity contribution in [3.63, 3.8) is 0 Å². The first kappa shape index (κ1) is 18.7. The number of likely N-dealkylation sites (N-methyl/N-ethyl adjacent to an activating group) is 1. The van der Waals surface area contributed by atoms with Gasteiger partial charge in [0, 0.05) is 18.8 Å². The van der Waals surface area contributed by atoms with Gasteiger partial charge >= 0.3 is 0 Å². The normalized spacial score (nSPS) is 10.6. The Kier molecular flexibility index (Phi) is 6.71. The fourth-order valence-corrected chi connectivity index (χ4v) is 2.58. The highest BCUT2D eigenvalue weighted by molar-refractivity contribution is 5.95. The minimum Gasteiger partial charge on any atom is -0.494 e. The quantitative estimate of drug-likeness (QED) is 0.689. The van der Waals surface area contributed by atoms with Gasteiger partial charge in [-0.05, 0) is 36.9 Å². The Bertz CT molecular complexity index is 719. The molecule has 0 heterocycles. The van der Waals surface area contributed by atoms with E-state index in [1.165, 1.54) is 13.2 Å². The number of methoxy groups -OCH3 is 1. The molecule has 0 bridgehead atoms. The molecule has 0 N–H and O–H groups in total. The molecule has 0 unspecified atom stereocenters. The van der Waals surface area contributed by atoms with Gasteiger partial charge in [0.15, 0.2) is 11.6 Å². The molecule has 0 radical (unpaired) electrons. The van der Waals surface area contributed by atoms with E-state index in [2.05, 4.69) is 6.58 Å². The van der Waals surface area contributed by atoms with Crippen LogP contribution in [0.2, 0.25) is 0 Å². The number of rotatable bonds is 8. The Hall–Kier alpha value is -2.66. The molecule has 0 spiro atoms. The second-order valence-corrected chi connectivity index (χ2v) is 5.77. The van der Waals surface area contributed by atoms with E-state index in [1.54, 1.807) is 23.1 Å². The summed E-state index contributed by atoms with van der Waals surface area (Å²) < 4.78 is 18.7. The maximum Gasteiger partial charge on any atom is 0.241 e. The highest BCUT2D eigenvalue weighted by Gasteiger charge is 2.16. The van der Waals surface area contributed by atoms with Gasteiger partial charge in [-0.3, -0.25) is 9.69 Å². The summed E-state index contributed by atoms with van der Waals surface area (Å²) >= 11 is 0. The molecule has 5 heteroatoms. The van der Waals surface area contributed by atoms with E-state index in [1.807, 2.05) is 42.3 Å². The van der Waals surface area contributed by atoms with Crippen LogP contribution in [-0.4, -0.2) is 38.1 Å². The van der Waals surface area contributed by atoms with Crippen molar-refractivity contribution in [1.82, 2.24) is 4.90 Å². The molecular formula is C20H23FN2O2. The molecule has 132 valence electrons. The molecule has 4 nitrogen and oxygen atoms in total. The third-order valence-electron chi connectivity index (χ3n) is 3.75. The van der Waals surface area contributed by atoms with Gasteiger partial charge in [0.25, 0.3) is 0 Å². The fourth-order valence-electron chi connectivity index (χ4n) is 2.58. The van der Waals surface area contributed by atoms with E-state index >= 15 is 0 Å². The number of anilines is 1. The zero-order chi connectivity index (χ0) is 18.2. The Morgan fingerprint density at radius 2 is 1.96 bits per heavy atom. The van der Waals surface area contributed by atoms with E-state index in [4.69, 9.17) is 4.74 Å². The first-order chi connectivity index (χ1) is 12.0. The van der Waals surface area contributed by atoms with Crippen LogP contribution >= 0.6 is 0 Å². The number of para-hydroxylation sites is 1. The number of ether oxygens (including phenoxy) is 1. The smallest absolute Gasteiger partial charge is 0.241 e. The lowest BCUT2D eigenvalue weighted by molar-refractivity contribution is -0.119. The maximum absolute atomic E-state index is 13.8. The molecule has 1 amide bonds. The van der Waals surface area contributed by atoms with E-state index in [0.29, 0.717) is 13.1 Å². The van der Waals surface area contributed by atoms with Gasteiger partial charge in [-0.2, -0.15) is 0 Å². The van der Waals surface area contributed by atoms with Gasteiger partial charge in [-0.15, -0.1) is 6.58 Å². The molecular weight excluding hydrogens is 319 g/mol. The van der Waals surface area contributed by atoms with Crippen LogP contribution in [0.4, 0.5) is 10.1 Å². The van der Waals surface area contributed by atoms with E-state index in [-0.39, 0.29) is 18.2 Å². The summed E-state index contributed by atoms with van der Waals surface area (Å²) in [6.45, 7) is 4.84. The molecule has 2 aromatic rings. The third-order valence-corrected chi connectivity index (χ3v) is 3.75. The van der Waals surface area contributed by atoms with Crippen molar-refractivity contribution in [1.29, 1.82) is 0 Å². The van der Waals surface area contributed by atoms with Gasteiger partial charge in [-0.25, -0.2) is 4.39 Å².